The average molecular weight is 250 g/mol. The quantitative estimate of drug-likeness (QED) is 0.885. The number of nitrogens with two attached hydrogens (primary N) is 1. The first-order chi connectivity index (χ1) is 8.16. The lowest BCUT2D eigenvalue weighted by atomic mass is 9.88. The number of rotatable bonds is 3. The molecule has 0 aliphatic heterocycles. The number of hydrogen-bond donors (Lipinski definition) is 1. The first-order valence-corrected chi connectivity index (χ1v) is 5.75. The van der Waals surface area contributed by atoms with Crippen molar-refractivity contribution < 1.29 is 4.39 Å². The molecule has 0 saturated carbocycles. The van der Waals surface area contributed by atoms with Crippen molar-refractivity contribution in [3.63, 3.8) is 0 Å². The second kappa shape index (κ2) is 4.86. The van der Waals surface area contributed by atoms with E-state index in [1.54, 1.807) is 48.5 Å². The second-order valence-corrected chi connectivity index (χ2v) is 4.32. The van der Waals surface area contributed by atoms with Crippen molar-refractivity contribution in [2.45, 2.75) is 5.67 Å². The molecule has 0 heterocycles. The maximum atomic E-state index is 15.0. The van der Waals surface area contributed by atoms with E-state index < -0.39 is 5.67 Å². The SMILES string of the molecule is NCC(F)(c1ccccc1)c1cccc(Cl)c1. The third-order valence-electron chi connectivity index (χ3n) is 2.79. The minimum atomic E-state index is -1.69. The average Bonchev–Trinajstić information content (AvgIpc) is 2.39. The minimum absolute atomic E-state index is 0.114. The van der Waals surface area contributed by atoms with Crippen LogP contribution in [0.4, 0.5) is 4.39 Å². The van der Waals surface area contributed by atoms with Crippen molar-refractivity contribution >= 4 is 11.6 Å². The fraction of sp³-hybridized carbons (Fsp3) is 0.143. The molecular formula is C14H13ClFN. The number of benzene rings is 2. The molecule has 0 spiro atoms. The summed E-state index contributed by atoms with van der Waals surface area (Å²) in [6.45, 7) is -0.114. The summed E-state index contributed by atoms with van der Waals surface area (Å²) in [5, 5.41) is 0.508. The van der Waals surface area contributed by atoms with Gasteiger partial charge in [0.15, 0.2) is 5.67 Å². The van der Waals surface area contributed by atoms with Crippen LogP contribution in [0.15, 0.2) is 54.6 Å². The third-order valence-corrected chi connectivity index (χ3v) is 3.03. The van der Waals surface area contributed by atoms with Crippen molar-refractivity contribution in [2.24, 2.45) is 5.73 Å². The van der Waals surface area contributed by atoms with Crippen LogP contribution < -0.4 is 5.73 Å². The van der Waals surface area contributed by atoms with E-state index in [1.807, 2.05) is 6.07 Å². The molecule has 1 nitrogen and oxygen atoms in total. The Morgan fingerprint density at radius 2 is 1.65 bits per heavy atom. The van der Waals surface area contributed by atoms with Crippen molar-refractivity contribution in [2.75, 3.05) is 6.54 Å². The van der Waals surface area contributed by atoms with Crippen molar-refractivity contribution in [1.82, 2.24) is 0 Å². The molecule has 0 saturated heterocycles. The number of halogens is 2. The van der Waals surface area contributed by atoms with Crippen molar-refractivity contribution in [1.29, 1.82) is 0 Å². The summed E-state index contributed by atoms with van der Waals surface area (Å²) in [5.41, 5.74) is 4.95. The fourth-order valence-corrected chi connectivity index (χ4v) is 2.03. The van der Waals surface area contributed by atoms with Crippen LogP contribution in [-0.2, 0) is 5.67 Å². The molecule has 0 aliphatic rings. The third kappa shape index (κ3) is 2.33. The first kappa shape index (κ1) is 12.1. The summed E-state index contributed by atoms with van der Waals surface area (Å²) in [6, 6.07) is 15.7. The normalized spacial score (nSPS) is 14.3. The molecule has 0 amide bonds. The van der Waals surface area contributed by atoms with Gasteiger partial charge in [-0.1, -0.05) is 54.1 Å². The summed E-state index contributed by atoms with van der Waals surface area (Å²) in [6.07, 6.45) is 0. The standard InChI is InChI=1S/C14H13ClFN/c15-13-8-4-7-12(9-13)14(16,10-17)11-5-2-1-3-6-11/h1-9H,10,17H2. The summed E-state index contributed by atoms with van der Waals surface area (Å²) in [5.74, 6) is 0. The van der Waals surface area contributed by atoms with Gasteiger partial charge >= 0.3 is 0 Å². The second-order valence-electron chi connectivity index (χ2n) is 3.88. The summed E-state index contributed by atoms with van der Waals surface area (Å²) < 4.78 is 15.0. The zero-order valence-corrected chi connectivity index (χ0v) is 9.99. The molecule has 2 N–H and O–H groups in total. The minimum Gasteiger partial charge on any atom is -0.327 e. The Morgan fingerprint density at radius 3 is 2.24 bits per heavy atom. The van der Waals surface area contributed by atoms with Gasteiger partial charge in [0.1, 0.15) is 0 Å². The highest BCUT2D eigenvalue weighted by atomic mass is 35.5. The lowest BCUT2D eigenvalue weighted by molar-refractivity contribution is 0.232. The van der Waals surface area contributed by atoms with Crippen molar-refractivity contribution in [3.05, 3.63) is 70.7 Å². The maximum absolute atomic E-state index is 15.0. The van der Waals surface area contributed by atoms with Crippen LogP contribution in [0.5, 0.6) is 0 Å². The molecular weight excluding hydrogens is 237 g/mol. The Bertz CT molecular complexity index is 501. The smallest absolute Gasteiger partial charge is 0.173 e. The van der Waals surface area contributed by atoms with Gasteiger partial charge in [-0.2, -0.15) is 0 Å². The van der Waals surface area contributed by atoms with E-state index in [9.17, 15) is 4.39 Å². The summed E-state index contributed by atoms with van der Waals surface area (Å²) >= 11 is 5.89. The van der Waals surface area contributed by atoms with Crippen molar-refractivity contribution in [3.8, 4) is 0 Å². The van der Waals surface area contributed by atoms with Gasteiger partial charge in [0.05, 0.1) is 0 Å². The van der Waals surface area contributed by atoms with E-state index in [0.717, 1.165) is 0 Å². The molecule has 0 fully saturated rings. The van der Waals surface area contributed by atoms with Crippen LogP contribution in [0, 0.1) is 0 Å². The van der Waals surface area contributed by atoms with Crippen LogP contribution in [0.1, 0.15) is 11.1 Å². The van der Waals surface area contributed by atoms with Gasteiger partial charge in [-0.25, -0.2) is 4.39 Å². The highest BCUT2D eigenvalue weighted by Gasteiger charge is 2.32. The molecule has 2 rings (SSSR count). The predicted octanol–water partition coefficient (Wildman–Crippen LogP) is 3.51. The molecule has 3 heteroatoms. The molecule has 1 unspecified atom stereocenters. The van der Waals surface area contributed by atoms with E-state index in [2.05, 4.69) is 0 Å². The van der Waals surface area contributed by atoms with Gasteiger partial charge in [0.25, 0.3) is 0 Å². The number of alkyl halides is 1. The van der Waals surface area contributed by atoms with Crippen LogP contribution in [0.2, 0.25) is 5.02 Å². The van der Waals surface area contributed by atoms with Gasteiger partial charge in [0, 0.05) is 11.6 Å². The Labute approximate surface area is 105 Å². The molecule has 0 bridgehead atoms. The van der Waals surface area contributed by atoms with E-state index in [-0.39, 0.29) is 6.54 Å². The van der Waals surface area contributed by atoms with Gasteiger partial charge in [-0.3, -0.25) is 0 Å². The summed E-state index contributed by atoms with van der Waals surface area (Å²) in [4.78, 5) is 0. The molecule has 2 aromatic carbocycles. The van der Waals surface area contributed by atoms with Crippen LogP contribution in [0.3, 0.4) is 0 Å². The molecule has 1 atom stereocenters. The summed E-state index contributed by atoms with van der Waals surface area (Å²) in [7, 11) is 0. The van der Waals surface area contributed by atoms with E-state index in [1.165, 1.54) is 0 Å². The Morgan fingerprint density at radius 1 is 1.00 bits per heavy atom. The highest BCUT2D eigenvalue weighted by Crippen LogP contribution is 2.33. The Hall–Kier alpha value is -1.38. The lowest BCUT2D eigenvalue weighted by Crippen LogP contribution is -2.31. The fourth-order valence-electron chi connectivity index (χ4n) is 1.84. The van der Waals surface area contributed by atoms with E-state index >= 15 is 0 Å². The maximum Gasteiger partial charge on any atom is 0.173 e. The van der Waals surface area contributed by atoms with Gasteiger partial charge < -0.3 is 5.73 Å². The van der Waals surface area contributed by atoms with Gasteiger partial charge in [0.2, 0.25) is 0 Å². The van der Waals surface area contributed by atoms with Gasteiger partial charge in [-0.15, -0.1) is 0 Å². The largest absolute Gasteiger partial charge is 0.327 e. The number of hydrogen-bond acceptors (Lipinski definition) is 1. The molecule has 17 heavy (non-hydrogen) atoms. The van der Waals surface area contributed by atoms with Crippen LogP contribution in [-0.4, -0.2) is 6.54 Å². The predicted molar refractivity (Wildman–Crippen MR) is 68.8 cm³/mol. The van der Waals surface area contributed by atoms with Crippen LogP contribution >= 0.6 is 11.6 Å². The topological polar surface area (TPSA) is 26.0 Å². The highest BCUT2D eigenvalue weighted by molar-refractivity contribution is 6.30. The Balaban J connectivity index is 2.52. The molecule has 0 radical (unpaired) electrons. The van der Waals surface area contributed by atoms with Gasteiger partial charge in [-0.05, 0) is 23.3 Å². The van der Waals surface area contributed by atoms with E-state index in [4.69, 9.17) is 17.3 Å². The first-order valence-electron chi connectivity index (χ1n) is 5.37. The molecule has 88 valence electrons. The molecule has 0 aliphatic carbocycles. The molecule has 2 aromatic rings. The van der Waals surface area contributed by atoms with Crippen LogP contribution in [0.25, 0.3) is 0 Å². The Kier molecular flexibility index (Phi) is 3.46. The zero-order valence-electron chi connectivity index (χ0n) is 9.24. The lowest BCUT2D eigenvalue weighted by Gasteiger charge is -2.24. The monoisotopic (exact) mass is 249 g/mol. The van der Waals surface area contributed by atoms with E-state index in [0.29, 0.717) is 16.1 Å². The molecule has 0 aromatic heterocycles. The zero-order chi connectivity index (χ0) is 12.3.